The first kappa shape index (κ1) is 13.5. The number of nitrogens with zero attached hydrogens (tertiary/aromatic N) is 1. The Morgan fingerprint density at radius 3 is 2.55 bits per heavy atom. The molecule has 6 nitrogen and oxygen atoms in total. The van der Waals surface area contributed by atoms with E-state index in [0.717, 1.165) is 5.56 Å². The van der Waals surface area contributed by atoms with Crippen LogP contribution in [-0.2, 0) is 19.0 Å². The van der Waals surface area contributed by atoms with E-state index in [9.17, 15) is 4.91 Å². The molecule has 20 heavy (non-hydrogen) atoms. The molecule has 0 N–H and O–H groups in total. The number of hydrogen-bond donors (Lipinski definition) is 0. The Labute approximate surface area is 117 Å². The van der Waals surface area contributed by atoms with Crippen LogP contribution in [0.1, 0.15) is 25.5 Å². The van der Waals surface area contributed by atoms with Gasteiger partial charge in [0.1, 0.15) is 6.10 Å². The highest BCUT2D eigenvalue weighted by atomic mass is 16.9. The summed E-state index contributed by atoms with van der Waals surface area (Å²) in [5, 5.41) is 0. The summed E-state index contributed by atoms with van der Waals surface area (Å²) >= 11 is 0. The molecule has 0 amide bonds. The van der Waals surface area contributed by atoms with E-state index in [1.807, 2.05) is 30.3 Å². The van der Waals surface area contributed by atoms with Gasteiger partial charge in [-0.25, -0.2) is 4.84 Å². The molecule has 0 bridgehead atoms. The van der Waals surface area contributed by atoms with E-state index in [1.165, 1.54) is 0 Å². The van der Waals surface area contributed by atoms with Gasteiger partial charge in [0.25, 0.3) is 4.92 Å². The molecule has 6 heteroatoms. The third-order valence-electron chi connectivity index (χ3n) is 3.55. The van der Waals surface area contributed by atoms with Crippen LogP contribution in [-0.4, -0.2) is 36.3 Å². The van der Waals surface area contributed by atoms with Crippen molar-refractivity contribution < 1.29 is 24.0 Å². The van der Waals surface area contributed by atoms with E-state index in [2.05, 4.69) is 0 Å². The molecule has 2 saturated heterocycles. The number of methoxy groups -OCH3 is 1. The summed E-state index contributed by atoms with van der Waals surface area (Å²) in [6, 6.07) is 9.48. The molecule has 1 aromatic rings. The SMILES string of the molecule is CO[C@@H]1[C@H]2OC(C)(C)O[C@H]2[N+](=O)O[C@H]1c1ccccc1. The van der Waals surface area contributed by atoms with Crippen LogP contribution in [0.25, 0.3) is 0 Å². The van der Waals surface area contributed by atoms with Crippen LogP contribution >= 0.6 is 0 Å². The molecule has 0 spiro atoms. The van der Waals surface area contributed by atoms with Crippen molar-refractivity contribution in [3.63, 3.8) is 0 Å². The van der Waals surface area contributed by atoms with Gasteiger partial charge in [0.05, 0.1) is 4.91 Å². The van der Waals surface area contributed by atoms with E-state index in [1.54, 1.807) is 21.0 Å². The minimum Gasteiger partial charge on any atom is -0.374 e. The molecule has 0 saturated carbocycles. The fraction of sp³-hybridized carbons (Fsp3) is 0.571. The van der Waals surface area contributed by atoms with Crippen molar-refractivity contribution in [2.75, 3.05) is 7.11 Å². The average Bonchev–Trinajstić information content (AvgIpc) is 2.75. The van der Waals surface area contributed by atoms with Gasteiger partial charge in [-0.1, -0.05) is 30.3 Å². The Bertz CT molecular complexity index is 504. The first-order valence-electron chi connectivity index (χ1n) is 6.58. The minimum absolute atomic E-state index is 0.408. The summed E-state index contributed by atoms with van der Waals surface area (Å²) in [5.74, 6) is -0.830. The maximum absolute atomic E-state index is 12.0. The number of rotatable bonds is 2. The Morgan fingerprint density at radius 2 is 1.90 bits per heavy atom. The van der Waals surface area contributed by atoms with Crippen LogP contribution in [0.5, 0.6) is 0 Å². The normalized spacial score (nSPS) is 35.5. The second-order valence-electron chi connectivity index (χ2n) is 5.41. The molecule has 2 aliphatic heterocycles. The standard InChI is InChI=1S/C14H18NO5/c1-14(2)18-12-11(17-3)10(9-7-5-4-6-8-9)20-15(16)13(12)19-14/h4-8,10-13H,1-3H3/q+1/t10-,11-,12+,13+/m0/s1. The highest BCUT2D eigenvalue weighted by Gasteiger charge is 2.62. The molecule has 0 radical (unpaired) electrons. The van der Waals surface area contributed by atoms with Gasteiger partial charge < -0.3 is 9.47 Å². The maximum atomic E-state index is 12.0. The smallest absolute Gasteiger partial charge is 0.374 e. The molecule has 0 aliphatic carbocycles. The number of fused-ring (bicyclic) bond motifs is 1. The summed E-state index contributed by atoms with van der Waals surface area (Å²) in [4.78, 5) is 18.0. The third-order valence-corrected chi connectivity index (χ3v) is 3.55. The molecule has 0 aromatic heterocycles. The van der Waals surface area contributed by atoms with E-state index >= 15 is 0 Å². The molecule has 108 valence electrons. The molecule has 2 heterocycles. The van der Waals surface area contributed by atoms with E-state index in [-0.39, 0.29) is 0 Å². The van der Waals surface area contributed by atoms with E-state index < -0.39 is 30.3 Å². The van der Waals surface area contributed by atoms with Crippen LogP contribution in [0.3, 0.4) is 0 Å². The van der Waals surface area contributed by atoms with Gasteiger partial charge in [-0.05, 0) is 13.8 Å². The van der Waals surface area contributed by atoms with Crippen molar-refractivity contribution in [2.45, 2.75) is 44.2 Å². The lowest BCUT2D eigenvalue weighted by atomic mass is 9.98. The van der Waals surface area contributed by atoms with Crippen LogP contribution in [0, 0.1) is 4.91 Å². The predicted molar refractivity (Wildman–Crippen MR) is 68.5 cm³/mol. The summed E-state index contributed by atoms with van der Waals surface area (Å²) in [6.07, 6.45) is -2.23. The van der Waals surface area contributed by atoms with Crippen LogP contribution < -0.4 is 0 Å². The van der Waals surface area contributed by atoms with Crippen molar-refractivity contribution >= 4 is 0 Å². The van der Waals surface area contributed by atoms with Crippen LogP contribution in [0.4, 0.5) is 0 Å². The number of hydrogen-bond acceptors (Lipinski definition) is 5. The van der Waals surface area contributed by atoms with Crippen molar-refractivity contribution in [2.24, 2.45) is 0 Å². The van der Waals surface area contributed by atoms with E-state index in [0.29, 0.717) is 4.92 Å². The van der Waals surface area contributed by atoms with Gasteiger partial charge in [0, 0.05) is 12.7 Å². The molecule has 4 atom stereocenters. The molecular formula is C14H18NO5+. The Morgan fingerprint density at radius 1 is 1.20 bits per heavy atom. The van der Waals surface area contributed by atoms with E-state index in [4.69, 9.17) is 19.0 Å². The fourth-order valence-corrected chi connectivity index (χ4v) is 2.72. The largest absolute Gasteiger partial charge is 0.391 e. The number of benzene rings is 1. The van der Waals surface area contributed by atoms with Crippen LogP contribution in [0.15, 0.2) is 30.3 Å². The second kappa shape index (κ2) is 4.80. The summed E-state index contributed by atoms with van der Waals surface area (Å²) in [6.45, 7) is 3.53. The highest BCUT2D eigenvalue weighted by Crippen LogP contribution is 2.40. The monoisotopic (exact) mass is 280 g/mol. The summed E-state index contributed by atoms with van der Waals surface area (Å²) in [5.41, 5.74) is 0.868. The summed E-state index contributed by atoms with van der Waals surface area (Å²) < 4.78 is 16.9. The lowest BCUT2D eigenvalue weighted by molar-refractivity contribution is -0.872. The minimum atomic E-state index is -0.830. The molecule has 0 unspecified atom stereocenters. The van der Waals surface area contributed by atoms with Gasteiger partial charge in [0.2, 0.25) is 6.10 Å². The average molecular weight is 280 g/mol. The zero-order valence-electron chi connectivity index (χ0n) is 11.7. The van der Waals surface area contributed by atoms with Crippen LogP contribution in [0.2, 0.25) is 0 Å². The lowest BCUT2D eigenvalue weighted by Crippen LogP contribution is -2.51. The van der Waals surface area contributed by atoms with Gasteiger partial charge in [-0.2, -0.15) is 0 Å². The Kier molecular flexibility index (Phi) is 3.24. The Balaban J connectivity index is 1.93. The topological polar surface area (TPSA) is 57.0 Å². The van der Waals surface area contributed by atoms with Gasteiger partial charge >= 0.3 is 6.23 Å². The van der Waals surface area contributed by atoms with Gasteiger partial charge in [-0.15, -0.1) is 0 Å². The predicted octanol–water partition coefficient (Wildman–Crippen LogP) is 1.94. The zero-order valence-corrected chi connectivity index (χ0v) is 11.7. The van der Waals surface area contributed by atoms with Gasteiger partial charge in [0.15, 0.2) is 11.9 Å². The molecular weight excluding hydrogens is 262 g/mol. The molecule has 1 aromatic carbocycles. The fourth-order valence-electron chi connectivity index (χ4n) is 2.72. The number of ether oxygens (including phenoxy) is 3. The second-order valence-corrected chi connectivity index (χ2v) is 5.41. The third kappa shape index (κ3) is 2.19. The molecule has 2 fully saturated rings. The van der Waals surface area contributed by atoms with Gasteiger partial charge in [-0.3, -0.25) is 4.74 Å². The first-order chi connectivity index (χ1) is 9.52. The Hall–Kier alpha value is -1.50. The van der Waals surface area contributed by atoms with Crippen molar-refractivity contribution in [3.8, 4) is 0 Å². The first-order valence-corrected chi connectivity index (χ1v) is 6.58. The maximum Gasteiger partial charge on any atom is 0.391 e. The van der Waals surface area contributed by atoms with Crippen molar-refractivity contribution in [1.29, 1.82) is 0 Å². The summed E-state index contributed by atoms with van der Waals surface area (Å²) in [7, 11) is 1.58. The zero-order chi connectivity index (χ0) is 14.3. The molecule has 3 rings (SSSR count). The van der Waals surface area contributed by atoms with Crippen molar-refractivity contribution in [3.05, 3.63) is 40.8 Å². The van der Waals surface area contributed by atoms with Crippen molar-refractivity contribution in [1.82, 2.24) is 0 Å². The lowest BCUT2D eigenvalue weighted by Gasteiger charge is -2.30. The highest BCUT2D eigenvalue weighted by molar-refractivity contribution is 5.19. The quantitative estimate of drug-likeness (QED) is 0.828. The molecule has 2 aliphatic rings.